The standard InChI is InChI=1S/C54H69N3O12/c1-27(2)57(12)22-15-18-36(25-57)26-65-37-19-20-38-40(24-37)68-51-44(55-38)41-42-47(60)34(9)50-43(41)52(62)54(11,69-50)66-23-21-39(64-13)33(8)49(67-35(10)58)32(7)30(5)31(6)46(59)28(3)16-14-17-29(4)53(63)56-45(51)48(42)61/h14,16-17,19-21,23-24,27-28,30-33,36,39,46,49,59H,15,18,22,25-26H2,1-13H3,(H-,55,56,60,61,62,63)/p+1/b16-14+,23-21+,29-17-/t28-,30+,31-,32+,33+,36?,39-,46-,49-,54-,57?/m0/s1. The number of anilines is 1. The number of Topliss-reactive ketones (excluding diaryl/α,β-unsaturated/α-hetero) is 1. The van der Waals surface area contributed by atoms with Crippen molar-refractivity contribution >= 4 is 45.2 Å². The van der Waals surface area contributed by atoms with Crippen LogP contribution in [0.3, 0.4) is 0 Å². The van der Waals surface area contributed by atoms with E-state index < -0.39 is 58.9 Å². The van der Waals surface area contributed by atoms with Gasteiger partial charge in [-0.2, -0.15) is 0 Å². The van der Waals surface area contributed by atoms with E-state index in [0.29, 0.717) is 29.8 Å². The predicted molar refractivity (Wildman–Crippen MR) is 263 cm³/mol. The van der Waals surface area contributed by atoms with Crippen LogP contribution in [0.15, 0.2) is 63.6 Å². The second kappa shape index (κ2) is 19.9. The Labute approximate surface area is 404 Å². The second-order valence-electron chi connectivity index (χ2n) is 20.5. The number of hydrogen-bond donors (Lipinski definition) is 3. The monoisotopic (exact) mass is 952 g/mol. The first-order valence-electron chi connectivity index (χ1n) is 24.2. The molecule has 1 aliphatic carbocycles. The molecule has 11 atom stereocenters. The highest BCUT2D eigenvalue weighted by atomic mass is 16.7. The summed E-state index contributed by atoms with van der Waals surface area (Å²) in [6, 6.07) is 5.69. The normalized spacial score (nSPS) is 32.1. The number of esters is 1. The number of fused-ring (bicyclic) bond motifs is 2. The first-order valence-corrected chi connectivity index (χ1v) is 24.2. The lowest BCUT2D eigenvalue weighted by Crippen LogP contribution is -2.56. The van der Waals surface area contributed by atoms with Crippen LogP contribution in [-0.2, 0) is 23.8 Å². The SMILES string of the molecule is CO[C@H]1/C=C/O[C@@]2(C)Oc3c(C)c(O)c4c(=O)c(c5oc6cc(OCC7CCC[N+](C)(C(C)C)C7)ccc6nc-5c4c3C2=O)NC(=O)/C(C)=C\C=C\[C@H](C)[C@H](O)[C@@H](C)[C@@H](C)[C@@H](C)[C@H](OC(C)=O)[C@@H]1C. The van der Waals surface area contributed by atoms with Crippen molar-refractivity contribution in [2.75, 3.05) is 39.2 Å². The molecule has 15 nitrogen and oxygen atoms in total. The van der Waals surface area contributed by atoms with E-state index in [0.717, 1.165) is 30.4 Å². The number of piperidine rings is 1. The van der Waals surface area contributed by atoms with E-state index in [1.807, 2.05) is 34.6 Å². The molecular weight excluding hydrogens is 883 g/mol. The molecule has 69 heavy (non-hydrogen) atoms. The summed E-state index contributed by atoms with van der Waals surface area (Å²) in [4.78, 5) is 61.3. The molecule has 2 unspecified atom stereocenters. The summed E-state index contributed by atoms with van der Waals surface area (Å²) in [7, 11) is 3.81. The molecule has 3 N–H and O–H groups in total. The second-order valence-corrected chi connectivity index (χ2v) is 20.5. The molecular formula is C54H70N3O12+. The van der Waals surface area contributed by atoms with Gasteiger partial charge in [-0.3, -0.25) is 19.2 Å². The van der Waals surface area contributed by atoms with Gasteiger partial charge in [-0.1, -0.05) is 52.8 Å². The van der Waals surface area contributed by atoms with E-state index in [4.69, 9.17) is 33.1 Å². The maximum Gasteiger partial charge on any atom is 0.312 e. The minimum atomic E-state index is -2.00. The van der Waals surface area contributed by atoms with Gasteiger partial charge in [-0.15, -0.1) is 0 Å². The number of benzene rings is 3. The number of carbonyl (C=O) groups is 3. The number of hydrogen-bond acceptors (Lipinski definition) is 13. The van der Waals surface area contributed by atoms with Gasteiger partial charge in [-0.25, -0.2) is 4.98 Å². The zero-order valence-electron chi connectivity index (χ0n) is 42.3. The van der Waals surface area contributed by atoms with Gasteiger partial charge in [0.25, 0.3) is 11.7 Å². The molecule has 1 amide bonds. The van der Waals surface area contributed by atoms with Crippen LogP contribution in [-0.4, -0.2) is 101 Å². The van der Waals surface area contributed by atoms with Crippen LogP contribution in [0.2, 0.25) is 0 Å². The van der Waals surface area contributed by atoms with E-state index in [2.05, 4.69) is 26.2 Å². The van der Waals surface area contributed by atoms with Crippen LogP contribution >= 0.6 is 0 Å². The summed E-state index contributed by atoms with van der Waals surface area (Å²) in [5.74, 6) is -4.98. The number of ether oxygens (including phenoxy) is 5. The number of nitrogens with zero attached hydrogens (tertiary/aromatic N) is 2. The number of nitrogens with one attached hydrogen (secondary N) is 1. The predicted octanol–water partition coefficient (Wildman–Crippen LogP) is 8.87. The fourth-order valence-electron chi connectivity index (χ4n) is 10.4. The summed E-state index contributed by atoms with van der Waals surface area (Å²) in [5.41, 5.74) is -0.247. The number of aliphatic hydroxyl groups excluding tert-OH is 1. The Morgan fingerprint density at radius 1 is 1.03 bits per heavy atom. The number of aromatic hydroxyl groups is 1. The molecule has 1 fully saturated rings. The summed E-state index contributed by atoms with van der Waals surface area (Å²) in [6.07, 6.45) is 7.96. The zero-order valence-corrected chi connectivity index (χ0v) is 42.3. The Balaban J connectivity index is 1.38. The van der Waals surface area contributed by atoms with Crippen LogP contribution in [0.25, 0.3) is 33.3 Å². The van der Waals surface area contributed by atoms with Crippen molar-refractivity contribution in [3.8, 4) is 28.7 Å². The van der Waals surface area contributed by atoms with Crippen molar-refractivity contribution in [1.29, 1.82) is 0 Å². The van der Waals surface area contributed by atoms with E-state index in [9.17, 15) is 29.4 Å². The third-order valence-electron chi connectivity index (χ3n) is 15.6. The molecule has 4 aliphatic heterocycles. The first kappa shape index (κ1) is 51.1. The molecule has 372 valence electrons. The Kier molecular flexibility index (Phi) is 14.7. The van der Waals surface area contributed by atoms with E-state index in [-0.39, 0.29) is 79.6 Å². The van der Waals surface area contributed by atoms with Gasteiger partial charge >= 0.3 is 11.8 Å². The molecule has 2 aromatic carbocycles. The molecule has 5 aliphatic rings. The molecule has 1 saturated heterocycles. The van der Waals surface area contributed by atoms with Crippen LogP contribution in [0.4, 0.5) is 5.69 Å². The van der Waals surface area contributed by atoms with Gasteiger partial charge < -0.3 is 48.1 Å². The van der Waals surface area contributed by atoms with E-state index >= 15 is 0 Å². The lowest BCUT2D eigenvalue weighted by molar-refractivity contribution is -0.937. The van der Waals surface area contributed by atoms with Crippen LogP contribution in [0, 0.1) is 42.4 Å². The summed E-state index contributed by atoms with van der Waals surface area (Å²) in [5, 5.41) is 25.9. The Hall–Kier alpha value is -5.77. The van der Waals surface area contributed by atoms with E-state index in [1.54, 1.807) is 49.4 Å². The zero-order chi connectivity index (χ0) is 50.4. The van der Waals surface area contributed by atoms with E-state index in [1.165, 1.54) is 34.1 Å². The Morgan fingerprint density at radius 3 is 2.43 bits per heavy atom. The van der Waals surface area contributed by atoms with Gasteiger partial charge in [0.2, 0.25) is 5.43 Å². The number of rotatable bonds is 6. The van der Waals surface area contributed by atoms with Crippen LogP contribution in [0.5, 0.6) is 17.2 Å². The number of phenolic OH excluding ortho intramolecular Hbond substituents is 1. The van der Waals surface area contributed by atoms with Crippen LogP contribution < -0.4 is 20.2 Å². The number of ketones is 1. The topological polar surface area (TPSA) is 193 Å². The molecule has 4 heterocycles. The van der Waals surface area contributed by atoms with Crippen molar-refractivity contribution in [2.24, 2.45) is 35.5 Å². The number of methoxy groups -OCH3 is 1. The third kappa shape index (κ3) is 9.74. The van der Waals surface area contributed by atoms with Crippen molar-refractivity contribution in [2.45, 2.75) is 119 Å². The fourth-order valence-corrected chi connectivity index (χ4v) is 10.4. The average Bonchev–Trinajstić information content (AvgIpc) is 3.58. The number of likely N-dealkylation sites (tertiary alicyclic amines) is 1. The highest BCUT2D eigenvalue weighted by Gasteiger charge is 2.50. The van der Waals surface area contributed by atoms with Crippen molar-refractivity contribution in [3.05, 3.63) is 75.7 Å². The minimum Gasteiger partial charge on any atom is -0.507 e. The lowest BCUT2D eigenvalue weighted by Gasteiger charge is -2.44. The third-order valence-corrected chi connectivity index (χ3v) is 15.6. The highest BCUT2D eigenvalue weighted by molar-refractivity contribution is 6.22. The number of allylic oxidation sites excluding steroid dienone is 2. The van der Waals surface area contributed by atoms with Gasteiger partial charge in [0.1, 0.15) is 40.3 Å². The quantitative estimate of drug-likeness (QED) is 0.0719. The summed E-state index contributed by atoms with van der Waals surface area (Å²) >= 11 is 0. The van der Waals surface area contributed by atoms with Crippen molar-refractivity contribution in [3.63, 3.8) is 0 Å². The first-order chi connectivity index (χ1) is 32.5. The van der Waals surface area contributed by atoms with Gasteiger partial charge in [0.15, 0.2) is 11.3 Å². The van der Waals surface area contributed by atoms with Gasteiger partial charge in [0, 0.05) is 61.3 Å². The van der Waals surface area contributed by atoms with Crippen molar-refractivity contribution in [1.82, 2.24) is 4.98 Å². The average molecular weight is 953 g/mol. The molecule has 15 heteroatoms. The Morgan fingerprint density at radius 2 is 1.75 bits per heavy atom. The smallest absolute Gasteiger partial charge is 0.312 e. The minimum absolute atomic E-state index is 0.0124. The molecule has 4 bridgehead atoms. The molecule has 7 rings (SSSR count). The molecule has 0 spiro atoms. The van der Waals surface area contributed by atoms with Crippen LogP contribution in [0.1, 0.15) is 98.0 Å². The number of aromatic nitrogens is 1. The number of phenols is 1. The molecule has 0 radical (unpaired) electrons. The molecule has 0 aromatic heterocycles. The Bertz CT molecular complexity index is 2760. The lowest BCUT2D eigenvalue weighted by atomic mass is 9.73. The molecule has 0 saturated carbocycles. The van der Waals surface area contributed by atoms with Crippen molar-refractivity contribution < 1.29 is 57.2 Å². The van der Waals surface area contributed by atoms with Gasteiger partial charge in [-0.05, 0) is 76.5 Å². The maximum absolute atomic E-state index is 14.9. The van der Waals surface area contributed by atoms with Gasteiger partial charge in [0.05, 0.1) is 62.2 Å². The molecule has 2 aromatic rings. The highest BCUT2D eigenvalue weighted by Crippen LogP contribution is 2.50. The number of amides is 1. The number of quaternary nitrogens is 1. The fraction of sp³-hybridized carbons (Fsp3) is 0.537. The summed E-state index contributed by atoms with van der Waals surface area (Å²) < 4.78 is 38.2. The maximum atomic E-state index is 14.9. The largest absolute Gasteiger partial charge is 0.507 e. The number of carbonyl (C=O) groups excluding carboxylic acids is 3. The summed E-state index contributed by atoms with van der Waals surface area (Å²) in [6.45, 7) is 22.7. The number of aliphatic hydroxyl groups is 1.